The zero-order valence-electron chi connectivity index (χ0n) is 9.75. The lowest BCUT2D eigenvalue weighted by molar-refractivity contribution is 0.216. The molecule has 0 aliphatic carbocycles. The lowest BCUT2D eigenvalue weighted by atomic mass is 10.1. The fourth-order valence-electron chi connectivity index (χ4n) is 2.44. The van der Waals surface area contributed by atoms with Crippen molar-refractivity contribution in [1.29, 1.82) is 0 Å². The van der Waals surface area contributed by atoms with Gasteiger partial charge in [0, 0.05) is 5.02 Å². The number of halogens is 1. The zero-order valence-corrected chi connectivity index (χ0v) is 10.5. The van der Waals surface area contributed by atoms with Gasteiger partial charge in [-0.25, -0.2) is 4.98 Å². The van der Waals surface area contributed by atoms with Crippen molar-refractivity contribution in [2.45, 2.75) is 25.8 Å². The molecule has 1 aliphatic rings. The lowest BCUT2D eigenvalue weighted by Gasteiger charge is -2.25. The summed E-state index contributed by atoms with van der Waals surface area (Å²) in [5, 5.41) is 0.755. The highest BCUT2D eigenvalue weighted by Crippen LogP contribution is 2.18. The number of piperidine rings is 1. The van der Waals surface area contributed by atoms with Crippen LogP contribution in [-0.2, 0) is 6.54 Å². The minimum absolute atomic E-state index is 0.755. The van der Waals surface area contributed by atoms with Crippen LogP contribution in [0.5, 0.6) is 0 Å². The largest absolute Gasteiger partial charge is 0.341 e. The summed E-state index contributed by atoms with van der Waals surface area (Å²) in [6.45, 7) is 3.31. The number of H-pyrrole nitrogens is 1. The Morgan fingerprint density at radius 3 is 2.88 bits per heavy atom. The Bertz CT molecular complexity index is 514. The summed E-state index contributed by atoms with van der Waals surface area (Å²) in [7, 11) is 0. The van der Waals surface area contributed by atoms with Crippen LogP contribution in [0.4, 0.5) is 0 Å². The van der Waals surface area contributed by atoms with E-state index < -0.39 is 0 Å². The highest BCUT2D eigenvalue weighted by molar-refractivity contribution is 6.31. The van der Waals surface area contributed by atoms with Crippen LogP contribution in [0.15, 0.2) is 18.2 Å². The molecule has 17 heavy (non-hydrogen) atoms. The summed E-state index contributed by atoms with van der Waals surface area (Å²) in [6.07, 6.45) is 3.99. The molecule has 0 spiro atoms. The fraction of sp³-hybridized carbons (Fsp3) is 0.462. The van der Waals surface area contributed by atoms with Crippen LogP contribution in [0.25, 0.3) is 11.0 Å². The van der Waals surface area contributed by atoms with E-state index in [1.165, 1.54) is 32.4 Å². The second-order valence-corrected chi connectivity index (χ2v) is 5.12. The number of likely N-dealkylation sites (tertiary alicyclic amines) is 1. The van der Waals surface area contributed by atoms with Gasteiger partial charge in [0.15, 0.2) is 0 Å². The number of fused-ring (bicyclic) bond motifs is 1. The monoisotopic (exact) mass is 249 g/mol. The van der Waals surface area contributed by atoms with E-state index in [4.69, 9.17) is 11.6 Å². The van der Waals surface area contributed by atoms with Gasteiger partial charge in [0.05, 0.1) is 17.6 Å². The van der Waals surface area contributed by atoms with Crippen molar-refractivity contribution in [2.75, 3.05) is 13.1 Å². The number of aromatic nitrogens is 2. The number of hydrogen-bond acceptors (Lipinski definition) is 2. The van der Waals surface area contributed by atoms with Crippen molar-refractivity contribution in [1.82, 2.24) is 14.9 Å². The molecule has 0 bridgehead atoms. The molecule has 1 saturated heterocycles. The number of rotatable bonds is 2. The molecular formula is C13H16ClN3. The first-order chi connectivity index (χ1) is 8.31. The van der Waals surface area contributed by atoms with Crippen LogP contribution >= 0.6 is 11.6 Å². The third-order valence-corrected chi connectivity index (χ3v) is 3.55. The van der Waals surface area contributed by atoms with Crippen LogP contribution in [0.2, 0.25) is 5.02 Å². The number of benzene rings is 1. The Morgan fingerprint density at radius 1 is 1.24 bits per heavy atom. The van der Waals surface area contributed by atoms with E-state index in [-0.39, 0.29) is 0 Å². The third kappa shape index (κ3) is 2.45. The van der Waals surface area contributed by atoms with Crippen molar-refractivity contribution in [2.24, 2.45) is 0 Å². The van der Waals surface area contributed by atoms with Crippen LogP contribution in [0.1, 0.15) is 25.1 Å². The molecule has 3 rings (SSSR count). The van der Waals surface area contributed by atoms with E-state index in [0.717, 1.165) is 28.4 Å². The van der Waals surface area contributed by atoms with Crippen molar-refractivity contribution < 1.29 is 0 Å². The first-order valence-electron chi connectivity index (χ1n) is 6.18. The molecule has 4 heteroatoms. The topological polar surface area (TPSA) is 31.9 Å². The molecule has 0 unspecified atom stereocenters. The summed E-state index contributed by atoms with van der Waals surface area (Å²) in [6, 6.07) is 5.78. The number of nitrogens with zero attached hydrogens (tertiary/aromatic N) is 2. The number of imidazole rings is 1. The molecule has 3 nitrogen and oxygen atoms in total. The van der Waals surface area contributed by atoms with Gasteiger partial charge in [-0.2, -0.15) is 0 Å². The van der Waals surface area contributed by atoms with Gasteiger partial charge in [-0.15, -0.1) is 0 Å². The van der Waals surface area contributed by atoms with Crippen molar-refractivity contribution in [3.63, 3.8) is 0 Å². The predicted octanol–water partition coefficient (Wildman–Crippen LogP) is 3.20. The molecule has 1 aliphatic heterocycles. The molecule has 2 heterocycles. The molecule has 0 amide bonds. The first kappa shape index (κ1) is 11.1. The summed E-state index contributed by atoms with van der Waals surface area (Å²) in [4.78, 5) is 10.4. The molecule has 1 fully saturated rings. The van der Waals surface area contributed by atoms with Crippen LogP contribution < -0.4 is 0 Å². The molecule has 1 N–H and O–H groups in total. The summed E-state index contributed by atoms with van der Waals surface area (Å²) >= 11 is 5.96. The smallest absolute Gasteiger partial charge is 0.121 e. The van der Waals surface area contributed by atoms with Crippen molar-refractivity contribution in [3.8, 4) is 0 Å². The summed E-state index contributed by atoms with van der Waals surface area (Å²) < 4.78 is 0. The van der Waals surface area contributed by atoms with Gasteiger partial charge in [0.1, 0.15) is 5.82 Å². The number of nitrogens with one attached hydrogen (secondary N) is 1. The van der Waals surface area contributed by atoms with Gasteiger partial charge in [-0.1, -0.05) is 18.0 Å². The molecule has 0 atom stereocenters. The SMILES string of the molecule is Clc1ccc2nc(CN3CCCCC3)[nH]c2c1. The fourth-order valence-corrected chi connectivity index (χ4v) is 2.61. The van der Waals surface area contributed by atoms with Crippen LogP contribution in [0, 0.1) is 0 Å². The standard InChI is InChI=1S/C13H16ClN3/c14-10-4-5-11-12(8-10)16-13(15-11)9-17-6-2-1-3-7-17/h4-5,8H,1-3,6-7,9H2,(H,15,16). The van der Waals surface area contributed by atoms with Gasteiger partial charge in [-0.05, 0) is 44.1 Å². The lowest BCUT2D eigenvalue weighted by Crippen LogP contribution is -2.29. The highest BCUT2D eigenvalue weighted by atomic mass is 35.5. The maximum Gasteiger partial charge on any atom is 0.121 e. The van der Waals surface area contributed by atoms with E-state index in [1.54, 1.807) is 0 Å². The summed E-state index contributed by atoms with van der Waals surface area (Å²) in [5.41, 5.74) is 2.03. The van der Waals surface area contributed by atoms with Gasteiger partial charge in [0.25, 0.3) is 0 Å². The van der Waals surface area contributed by atoms with Gasteiger partial charge in [0.2, 0.25) is 0 Å². The average Bonchev–Trinajstić information content (AvgIpc) is 2.71. The Kier molecular flexibility index (Phi) is 3.04. The maximum absolute atomic E-state index is 5.96. The average molecular weight is 250 g/mol. The molecular weight excluding hydrogens is 234 g/mol. The third-order valence-electron chi connectivity index (χ3n) is 3.32. The molecule has 0 saturated carbocycles. The molecule has 0 radical (unpaired) electrons. The molecule has 90 valence electrons. The minimum Gasteiger partial charge on any atom is -0.341 e. The highest BCUT2D eigenvalue weighted by Gasteiger charge is 2.12. The minimum atomic E-state index is 0.755. The van der Waals surface area contributed by atoms with E-state index in [9.17, 15) is 0 Å². The van der Waals surface area contributed by atoms with Crippen LogP contribution in [0.3, 0.4) is 0 Å². The Labute approximate surface area is 106 Å². The summed E-state index contributed by atoms with van der Waals surface area (Å²) in [5.74, 6) is 1.05. The van der Waals surface area contributed by atoms with E-state index in [0.29, 0.717) is 0 Å². The van der Waals surface area contributed by atoms with Gasteiger partial charge < -0.3 is 4.98 Å². The normalized spacial score (nSPS) is 17.7. The molecule has 1 aromatic heterocycles. The number of aromatic amines is 1. The quantitative estimate of drug-likeness (QED) is 0.886. The Morgan fingerprint density at radius 2 is 2.06 bits per heavy atom. The second kappa shape index (κ2) is 4.67. The molecule has 1 aromatic carbocycles. The van der Waals surface area contributed by atoms with Crippen molar-refractivity contribution in [3.05, 3.63) is 29.0 Å². The van der Waals surface area contributed by atoms with E-state index in [1.807, 2.05) is 18.2 Å². The van der Waals surface area contributed by atoms with Crippen LogP contribution in [-0.4, -0.2) is 28.0 Å². The molecule has 2 aromatic rings. The van der Waals surface area contributed by atoms with Gasteiger partial charge >= 0.3 is 0 Å². The van der Waals surface area contributed by atoms with E-state index in [2.05, 4.69) is 14.9 Å². The first-order valence-corrected chi connectivity index (χ1v) is 6.55. The van der Waals surface area contributed by atoms with Crippen molar-refractivity contribution >= 4 is 22.6 Å². The second-order valence-electron chi connectivity index (χ2n) is 4.68. The van der Waals surface area contributed by atoms with E-state index >= 15 is 0 Å². The Hall–Kier alpha value is -1.06. The van der Waals surface area contributed by atoms with Gasteiger partial charge in [-0.3, -0.25) is 4.90 Å². The predicted molar refractivity (Wildman–Crippen MR) is 70.2 cm³/mol. The number of hydrogen-bond donors (Lipinski definition) is 1. The zero-order chi connectivity index (χ0) is 11.7. The Balaban J connectivity index is 1.80. The maximum atomic E-state index is 5.96.